The van der Waals surface area contributed by atoms with Gasteiger partial charge in [0, 0.05) is 9.92 Å². The van der Waals surface area contributed by atoms with E-state index >= 15 is 0 Å². The van der Waals surface area contributed by atoms with Crippen LogP contribution in [-0.4, -0.2) is 36.3 Å². The molecular formula is C41H40ClN4O5PS3Si. The van der Waals surface area contributed by atoms with Crippen molar-refractivity contribution in [1.82, 2.24) is 4.98 Å². The smallest absolute Gasteiger partial charge is 0.530 e. The third-order valence-electron chi connectivity index (χ3n) is 8.70. The van der Waals surface area contributed by atoms with Crippen molar-refractivity contribution in [2.75, 3.05) is 13.2 Å². The van der Waals surface area contributed by atoms with Gasteiger partial charge in [-0.3, -0.25) is 9.05 Å². The number of aromatic nitrogens is 1. The molecule has 0 unspecified atom stereocenters. The number of hydrogen-bond donors (Lipinski definition) is 0. The molecule has 1 aromatic heterocycles. The number of fused-ring (bicyclic) bond motifs is 1. The molecule has 0 saturated heterocycles. The molecule has 0 N–H and O–H groups in total. The third-order valence-corrected chi connectivity index (χ3v) is 18.7. The van der Waals surface area contributed by atoms with Gasteiger partial charge in [0.25, 0.3) is 0 Å². The summed E-state index contributed by atoms with van der Waals surface area (Å²) in [4.78, 5) is 10.8. The molecule has 0 saturated carbocycles. The fourth-order valence-electron chi connectivity index (χ4n) is 6.14. The van der Waals surface area contributed by atoms with Gasteiger partial charge in [-0.15, -0.1) is 11.3 Å². The molecule has 9 nitrogen and oxygen atoms in total. The second-order valence-corrected chi connectivity index (χ2v) is 24.1. The van der Waals surface area contributed by atoms with Gasteiger partial charge in [-0.25, -0.2) is 14.5 Å². The number of phosphoric acid groups is 1. The van der Waals surface area contributed by atoms with E-state index in [2.05, 4.69) is 75.4 Å². The van der Waals surface area contributed by atoms with E-state index in [0.717, 1.165) is 20.9 Å². The van der Waals surface area contributed by atoms with Crippen LogP contribution in [0.5, 0.6) is 5.75 Å². The van der Waals surface area contributed by atoms with Crippen molar-refractivity contribution in [2.24, 2.45) is 4.99 Å². The van der Waals surface area contributed by atoms with Crippen LogP contribution in [0.2, 0.25) is 10.1 Å². The zero-order valence-corrected chi connectivity index (χ0v) is 36.6. The lowest BCUT2D eigenvalue weighted by Crippen LogP contribution is -2.68. The Morgan fingerprint density at radius 2 is 1.48 bits per heavy atom. The molecule has 0 amide bonds. The van der Waals surface area contributed by atoms with Crippen LogP contribution in [0.15, 0.2) is 124 Å². The van der Waals surface area contributed by atoms with Crippen LogP contribution in [0.25, 0.3) is 10.2 Å². The molecule has 4 aromatic carbocycles. The van der Waals surface area contributed by atoms with Gasteiger partial charge in [0.1, 0.15) is 21.5 Å². The molecule has 0 atom stereocenters. The highest BCUT2D eigenvalue weighted by atomic mass is 35.5. The third kappa shape index (κ3) is 9.45. The largest absolute Gasteiger partial charge is 0.534 e. The van der Waals surface area contributed by atoms with E-state index in [4.69, 9.17) is 50.1 Å². The summed E-state index contributed by atoms with van der Waals surface area (Å²) in [5.41, 5.74) is 1.31. The van der Waals surface area contributed by atoms with Crippen LogP contribution >= 0.6 is 54.3 Å². The summed E-state index contributed by atoms with van der Waals surface area (Å²) >= 11 is 10.4. The average molecular weight is 860 g/mol. The Labute approximate surface area is 346 Å². The topological polar surface area (TPSA) is 127 Å². The predicted molar refractivity (Wildman–Crippen MR) is 231 cm³/mol. The Balaban J connectivity index is 1.40. The average Bonchev–Trinajstić information content (AvgIpc) is 3.74. The molecule has 288 valence electrons. The second kappa shape index (κ2) is 17.7. The van der Waals surface area contributed by atoms with E-state index < -0.39 is 20.9 Å². The van der Waals surface area contributed by atoms with E-state index in [1.54, 1.807) is 12.1 Å². The number of halogens is 1. The molecule has 2 heterocycles. The van der Waals surface area contributed by atoms with Crippen LogP contribution < -0.4 is 14.8 Å². The second-order valence-electron chi connectivity index (χ2n) is 14.2. The van der Waals surface area contributed by atoms with Crippen molar-refractivity contribution in [3.63, 3.8) is 0 Å². The number of nitriles is 2. The van der Waals surface area contributed by atoms with Crippen molar-refractivity contribution in [1.29, 1.82) is 10.5 Å². The summed E-state index contributed by atoms with van der Waals surface area (Å²) in [6, 6.07) is 38.2. The quantitative estimate of drug-likeness (QED) is 0.0330. The number of benzene rings is 4. The van der Waals surface area contributed by atoms with Gasteiger partial charge in [-0.05, 0) is 71.7 Å². The Hall–Kier alpha value is -3.88. The van der Waals surface area contributed by atoms with Gasteiger partial charge in [0.2, 0.25) is 0 Å². The van der Waals surface area contributed by atoms with E-state index in [9.17, 15) is 4.57 Å². The number of phosphoric ester groups is 1. The summed E-state index contributed by atoms with van der Waals surface area (Å²) in [5.74, 6) is 0.766. The molecular weight excluding hydrogens is 819 g/mol. The number of nitrogens with zero attached hydrogens (tertiary/aromatic N) is 4. The Kier molecular flexibility index (Phi) is 13.2. The van der Waals surface area contributed by atoms with Crippen LogP contribution in [-0.2, 0) is 18.1 Å². The fourth-order valence-corrected chi connectivity index (χ4v) is 15.3. The van der Waals surface area contributed by atoms with E-state index in [-0.39, 0.29) is 36.2 Å². The zero-order chi connectivity index (χ0) is 40.0. The maximum Gasteiger partial charge on any atom is 0.530 e. The van der Waals surface area contributed by atoms with Crippen molar-refractivity contribution in [2.45, 2.75) is 62.1 Å². The first kappa shape index (κ1) is 41.7. The molecule has 0 spiro atoms. The van der Waals surface area contributed by atoms with Gasteiger partial charge in [-0.1, -0.05) is 117 Å². The van der Waals surface area contributed by atoms with Gasteiger partial charge in [-0.2, -0.15) is 10.5 Å². The van der Waals surface area contributed by atoms with Gasteiger partial charge in [0.05, 0.1) is 53.2 Å². The summed E-state index contributed by atoms with van der Waals surface area (Å²) in [5, 5.41) is 22.5. The van der Waals surface area contributed by atoms with Crippen LogP contribution in [0.3, 0.4) is 0 Å². The number of thiazole rings is 1. The minimum atomic E-state index is -4.29. The minimum Gasteiger partial charge on any atom is -0.534 e. The monoisotopic (exact) mass is 858 g/mol. The molecule has 1 aliphatic rings. The van der Waals surface area contributed by atoms with E-state index in [1.807, 2.05) is 62.4 Å². The van der Waals surface area contributed by atoms with E-state index in [0.29, 0.717) is 20.8 Å². The minimum absolute atomic E-state index is 0.0307. The standard InChI is InChI=1S/C41H40ClN4O5PS3Si/c1-40(2,3)56(32-14-8-6-9-15-32,33-16-10-7-11-17-33)51-30-20-23-34-35(28-30)54-37(45-34)38-46-36(41(4,5)55-38)39(53-31-21-18-29(42)19-22-31)50-52(47,48-26-12-24-43)49-27-13-25-44/h6-11,14-23,28H,12-13,26-27H2,1-5H3/b39-36+. The first-order valence-electron chi connectivity index (χ1n) is 17.8. The molecule has 0 radical (unpaired) electrons. The maximum absolute atomic E-state index is 14.0. The summed E-state index contributed by atoms with van der Waals surface area (Å²) in [6.45, 7) is 10.4. The first-order chi connectivity index (χ1) is 26.8. The Bertz CT molecular complexity index is 2310. The Morgan fingerprint density at radius 3 is 2.04 bits per heavy atom. The SMILES string of the molecule is CC1(C)SC(c2nc3ccc(O[Si](c4ccccc4)(c4ccccc4)C(C)(C)C)cc3s2)=N/C1=C(\OP(=O)(OCCC#N)OCCC#N)Sc1ccc(Cl)cc1. The molecule has 1 aliphatic heterocycles. The predicted octanol–water partition coefficient (Wildman–Crippen LogP) is 11.1. The molecule has 6 rings (SSSR count). The number of thioether (sulfide) groups is 2. The van der Waals surface area contributed by atoms with E-state index in [1.165, 1.54) is 45.2 Å². The molecule has 15 heteroatoms. The van der Waals surface area contributed by atoms with Crippen molar-refractivity contribution in [3.8, 4) is 17.9 Å². The summed E-state index contributed by atoms with van der Waals surface area (Å²) < 4.78 is 38.8. The lowest BCUT2D eigenvalue weighted by Gasteiger charge is -2.43. The van der Waals surface area contributed by atoms with Crippen molar-refractivity contribution >= 4 is 88.2 Å². The lowest BCUT2D eigenvalue weighted by molar-refractivity contribution is 0.144. The van der Waals surface area contributed by atoms with Gasteiger partial charge < -0.3 is 8.95 Å². The number of hydrogen-bond acceptors (Lipinski definition) is 12. The molecule has 5 aromatic rings. The Morgan fingerprint density at radius 1 is 0.893 bits per heavy atom. The van der Waals surface area contributed by atoms with Crippen LogP contribution in [0.4, 0.5) is 0 Å². The highest BCUT2D eigenvalue weighted by Gasteiger charge is 2.52. The highest BCUT2D eigenvalue weighted by molar-refractivity contribution is 8.16. The summed E-state index contributed by atoms with van der Waals surface area (Å²) in [6.07, 6.45) is -0.0613. The van der Waals surface area contributed by atoms with Crippen molar-refractivity contribution < 1.29 is 22.6 Å². The zero-order valence-electron chi connectivity index (χ0n) is 31.5. The first-order valence-corrected chi connectivity index (χ1v) is 24.0. The molecule has 56 heavy (non-hydrogen) atoms. The molecule has 0 fully saturated rings. The fraction of sp³-hybridized carbons (Fsp3) is 0.268. The number of aliphatic imine (C=N–C) groups is 1. The molecule has 0 aliphatic carbocycles. The number of rotatable bonds is 15. The van der Waals surface area contributed by atoms with Gasteiger partial charge in [0.15, 0.2) is 5.09 Å². The normalized spacial score (nSPS) is 15.2. The lowest BCUT2D eigenvalue weighted by atomic mass is 10.1. The van der Waals surface area contributed by atoms with Crippen LogP contribution in [0, 0.1) is 22.7 Å². The van der Waals surface area contributed by atoms with Gasteiger partial charge >= 0.3 is 16.1 Å². The highest BCUT2D eigenvalue weighted by Crippen LogP contribution is 2.57. The van der Waals surface area contributed by atoms with Crippen LogP contribution in [0.1, 0.15) is 52.5 Å². The summed E-state index contributed by atoms with van der Waals surface area (Å²) in [7, 11) is -7.16. The molecule has 0 bridgehead atoms. The maximum atomic E-state index is 14.0. The van der Waals surface area contributed by atoms with Crippen molar-refractivity contribution in [3.05, 3.63) is 124 Å².